The van der Waals surface area contributed by atoms with Crippen molar-refractivity contribution in [3.63, 3.8) is 0 Å². The standard InChI is InChI=1S/C14H14ClN3O3/c1-9(12-3-2-6-21-12)18-13(19)8-17-14(20)11-7-10(15)4-5-16-11/h2-7,9H,8H2,1H3,(H,17,20)(H,18,19)/t9-/m0/s1. The number of hydrogen-bond donors (Lipinski definition) is 2. The highest BCUT2D eigenvalue weighted by Gasteiger charge is 2.13. The Morgan fingerprint density at radius 2 is 2.24 bits per heavy atom. The third kappa shape index (κ3) is 4.32. The zero-order chi connectivity index (χ0) is 15.2. The van der Waals surface area contributed by atoms with Crippen molar-refractivity contribution in [1.82, 2.24) is 15.6 Å². The predicted octanol–water partition coefficient (Wildman–Crippen LogP) is 1.94. The van der Waals surface area contributed by atoms with Crippen molar-refractivity contribution in [2.75, 3.05) is 6.54 Å². The molecule has 2 rings (SSSR count). The summed E-state index contributed by atoms with van der Waals surface area (Å²) < 4.78 is 5.18. The van der Waals surface area contributed by atoms with E-state index < -0.39 is 5.91 Å². The Bertz CT molecular complexity index is 628. The van der Waals surface area contributed by atoms with Crippen molar-refractivity contribution in [3.05, 3.63) is 53.2 Å². The van der Waals surface area contributed by atoms with Gasteiger partial charge in [-0.1, -0.05) is 11.6 Å². The van der Waals surface area contributed by atoms with Gasteiger partial charge in [0.2, 0.25) is 5.91 Å². The SMILES string of the molecule is C[C@H](NC(=O)CNC(=O)c1cc(Cl)ccn1)c1ccco1. The Labute approximate surface area is 126 Å². The molecular weight excluding hydrogens is 294 g/mol. The number of rotatable bonds is 5. The molecule has 0 fully saturated rings. The zero-order valence-electron chi connectivity index (χ0n) is 11.3. The first kappa shape index (κ1) is 15.1. The molecule has 2 N–H and O–H groups in total. The number of amides is 2. The summed E-state index contributed by atoms with van der Waals surface area (Å²) in [4.78, 5) is 27.4. The fourth-order valence-electron chi connectivity index (χ4n) is 1.68. The van der Waals surface area contributed by atoms with Crippen LogP contribution in [0.3, 0.4) is 0 Å². The average Bonchev–Trinajstić information content (AvgIpc) is 2.99. The van der Waals surface area contributed by atoms with Crippen LogP contribution in [0.4, 0.5) is 0 Å². The highest BCUT2D eigenvalue weighted by Crippen LogP contribution is 2.11. The van der Waals surface area contributed by atoms with Crippen LogP contribution >= 0.6 is 11.6 Å². The number of furan rings is 1. The zero-order valence-corrected chi connectivity index (χ0v) is 12.1. The highest BCUT2D eigenvalue weighted by molar-refractivity contribution is 6.30. The number of pyridine rings is 1. The lowest BCUT2D eigenvalue weighted by Gasteiger charge is -2.11. The molecule has 2 heterocycles. The van der Waals surface area contributed by atoms with Crippen LogP contribution in [0.1, 0.15) is 29.2 Å². The van der Waals surface area contributed by atoms with Gasteiger partial charge in [-0.05, 0) is 31.2 Å². The first-order valence-electron chi connectivity index (χ1n) is 6.29. The van der Waals surface area contributed by atoms with Crippen LogP contribution in [0, 0.1) is 0 Å². The summed E-state index contributed by atoms with van der Waals surface area (Å²) >= 11 is 5.77. The minimum atomic E-state index is -0.460. The normalized spacial score (nSPS) is 11.7. The van der Waals surface area contributed by atoms with E-state index in [1.165, 1.54) is 18.5 Å². The maximum Gasteiger partial charge on any atom is 0.270 e. The molecule has 6 nitrogen and oxygen atoms in total. The average molecular weight is 308 g/mol. The Hall–Kier alpha value is -2.34. The number of carbonyl (C=O) groups excluding carboxylic acids is 2. The molecule has 0 spiro atoms. The molecule has 0 radical (unpaired) electrons. The van der Waals surface area contributed by atoms with Gasteiger partial charge in [-0.25, -0.2) is 0 Å². The topological polar surface area (TPSA) is 84.2 Å². The van der Waals surface area contributed by atoms with Gasteiger partial charge in [0.25, 0.3) is 5.91 Å². The van der Waals surface area contributed by atoms with Gasteiger partial charge in [-0.15, -0.1) is 0 Å². The molecule has 2 aromatic heterocycles. The van der Waals surface area contributed by atoms with Crippen molar-refractivity contribution in [3.8, 4) is 0 Å². The Balaban J connectivity index is 1.82. The van der Waals surface area contributed by atoms with Crippen LogP contribution in [0.15, 0.2) is 41.1 Å². The van der Waals surface area contributed by atoms with E-state index in [2.05, 4.69) is 15.6 Å². The molecule has 0 aromatic carbocycles. The Morgan fingerprint density at radius 1 is 1.43 bits per heavy atom. The van der Waals surface area contributed by atoms with Crippen LogP contribution in [0.5, 0.6) is 0 Å². The van der Waals surface area contributed by atoms with Crippen LogP contribution in [0.25, 0.3) is 0 Å². The summed E-state index contributed by atoms with van der Waals surface area (Å²) in [6.45, 7) is 1.63. The summed E-state index contributed by atoms with van der Waals surface area (Å²) in [6, 6.07) is 6.23. The van der Waals surface area contributed by atoms with E-state index in [0.717, 1.165) is 0 Å². The van der Waals surface area contributed by atoms with Crippen molar-refractivity contribution < 1.29 is 14.0 Å². The maximum absolute atomic E-state index is 11.8. The largest absolute Gasteiger partial charge is 0.467 e. The molecule has 7 heteroatoms. The smallest absolute Gasteiger partial charge is 0.270 e. The molecule has 110 valence electrons. The number of aromatic nitrogens is 1. The van der Waals surface area contributed by atoms with Crippen LogP contribution in [-0.4, -0.2) is 23.3 Å². The highest BCUT2D eigenvalue weighted by atomic mass is 35.5. The van der Waals surface area contributed by atoms with Gasteiger partial charge in [-0.3, -0.25) is 14.6 Å². The summed E-state index contributed by atoms with van der Waals surface area (Å²) in [6.07, 6.45) is 2.96. The van der Waals surface area contributed by atoms with Gasteiger partial charge in [0.05, 0.1) is 18.8 Å². The van der Waals surface area contributed by atoms with E-state index >= 15 is 0 Å². The van der Waals surface area contributed by atoms with E-state index in [9.17, 15) is 9.59 Å². The van der Waals surface area contributed by atoms with Gasteiger partial charge < -0.3 is 15.1 Å². The van der Waals surface area contributed by atoms with Crippen molar-refractivity contribution in [1.29, 1.82) is 0 Å². The van der Waals surface area contributed by atoms with Gasteiger partial charge in [0.1, 0.15) is 11.5 Å². The van der Waals surface area contributed by atoms with E-state index in [1.807, 2.05) is 0 Å². The van der Waals surface area contributed by atoms with Crippen LogP contribution < -0.4 is 10.6 Å². The molecule has 2 aromatic rings. The second kappa shape index (κ2) is 6.90. The van der Waals surface area contributed by atoms with Crippen molar-refractivity contribution >= 4 is 23.4 Å². The molecule has 0 aliphatic heterocycles. The van der Waals surface area contributed by atoms with Crippen molar-refractivity contribution in [2.45, 2.75) is 13.0 Å². The molecule has 1 atom stereocenters. The van der Waals surface area contributed by atoms with E-state index in [-0.39, 0.29) is 24.2 Å². The van der Waals surface area contributed by atoms with Crippen molar-refractivity contribution in [2.24, 2.45) is 0 Å². The van der Waals surface area contributed by atoms with E-state index in [1.54, 1.807) is 25.1 Å². The summed E-state index contributed by atoms with van der Waals surface area (Å²) in [5.41, 5.74) is 0.161. The fourth-order valence-corrected chi connectivity index (χ4v) is 1.84. The fraction of sp³-hybridized carbons (Fsp3) is 0.214. The molecular formula is C14H14ClN3O3. The second-order valence-electron chi connectivity index (χ2n) is 4.35. The second-order valence-corrected chi connectivity index (χ2v) is 4.78. The molecule has 0 aliphatic rings. The van der Waals surface area contributed by atoms with Crippen LogP contribution in [-0.2, 0) is 4.79 Å². The Morgan fingerprint density at radius 3 is 2.90 bits per heavy atom. The van der Waals surface area contributed by atoms with Gasteiger partial charge in [0, 0.05) is 11.2 Å². The molecule has 0 aliphatic carbocycles. The molecule has 0 saturated carbocycles. The molecule has 0 saturated heterocycles. The minimum Gasteiger partial charge on any atom is -0.467 e. The summed E-state index contributed by atoms with van der Waals surface area (Å²) in [7, 11) is 0. The summed E-state index contributed by atoms with van der Waals surface area (Å²) in [5, 5.41) is 5.59. The lowest BCUT2D eigenvalue weighted by molar-refractivity contribution is -0.120. The molecule has 0 unspecified atom stereocenters. The predicted molar refractivity (Wildman–Crippen MR) is 76.8 cm³/mol. The molecule has 0 bridgehead atoms. The quantitative estimate of drug-likeness (QED) is 0.884. The minimum absolute atomic E-state index is 0.155. The maximum atomic E-state index is 11.8. The number of nitrogens with zero attached hydrogens (tertiary/aromatic N) is 1. The first-order chi connectivity index (χ1) is 10.1. The third-order valence-corrected chi connectivity index (χ3v) is 2.95. The first-order valence-corrected chi connectivity index (χ1v) is 6.66. The monoisotopic (exact) mass is 307 g/mol. The van der Waals surface area contributed by atoms with E-state index in [4.69, 9.17) is 16.0 Å². The molecule has 21 heavy (non-hydrogen) atoms. The Kier molecular flexibility index (Phi) is 4.94. The van der Waals surface area contributed by atoms with Gasteiger partial charge >= 0.3 is 0 Å². The lowest BCUT2D eigenvalue weighted by Crippen LogP contribution is -2.38. The number of nitrogens with one attached hydrogen (secondary N) is 2. The number of halogens is 1. The van der Waals surface area contributed by atoms with E-state index in [0.29, 0.717) is 10.8 Å². The third-order valence-electron chi connectivity index (χ3n) is 2.71. The number of carbonyl (C=O) groups is 2. The molecule has 2 amide bonds. The van der Waals surface area contributed by atoms with Gasteiger partial charge in [-0.2, -0.15) is 0 Å². The van der Waals surface area contributed by atoms with Crippen LogP contribution in [0.2, 0.25) is 5.02 Å². The van der Waals surface area contributed by atoms with Gasteiger partial charge in [0.15, 0.2) is 0 Å². The lowest BCUT2D eigenvalue weighted by atomic mass is 10.2. The number of hydrogen-bond acceptors (Lipinski definition) is 4. The summed E-state index contributed by atoms with van der Waals surface area (Å²) in [5.74, 6) is -0.140.